The van der Waals surface area contributed by atoms with Crippen LogP contribution in [-0.4, -0.2) is 42.4 Å². The molecule has 0 atom stereocenters. The van der Waals surface area contributed by atoms with Gasteiger partial charge in [-0.1, -0.05) is 11.6 Å². The molecule has 0 unspecified atom stereocenters. The average molecular weight is 380 g/mol. The van der Waals surface area contributed by atoms with Gasteiger partial charge in [-0.25, -0.2) is 4.98 Å². The molecule has 0 aliphatic rings. The average Bonchev–Trinajstić information content (AvgIpc) is 2.98. The van der Waals surface area contributed by atoms with E-state index in [-0.39, 0.29) is 18.4 Å². The summed E-state index contributed by atoms with van der Waals surface area (Å²) in [5.41, 5.74) is 1.17. The van der Waals surface area contributed by atoms with Gasteiger partial charge in [-0.15, -0.1) is 11.3 Å². The van der Waals surface area contributed by atoms with Crippen LogP contribution in [0.1, 0.15) is 10.7 Å². The van der Waals surface area contributed by atoms with E-state index in [4.69, 9.17) is 16.3 Å². The Morgan fingerprint density at radius 1 is 1.44 bits per heavy atom. The van der Waals surface area contributed by atoms with Crippen LogP contribution < -0.4 is 10.1 Å². The molecule has 0 aliphatic heterocycles. The van der Waals surface area contributed by atoms with Crippen molar-refractivity contribution in [1.29, 1.82) is 0 Å². The normalized spacial score (nSPS) is 10.7. The number of rotatable bonds is 6. The Balaban J connectivity index is 1.94. The summed E-state index contributed by atoms with van der Waals surface area (Å²) in [6.45, 7) is 1.79. The van der Waals surface area contributed by atoms with Gasteiger partial charge in [0.2, 0.25) is 11.8 Å². The molecule has 25 heavy (non-hydrogen) atoms. The second-order valence-electron chi connectivity index (χ2n) is 5.21. The first-order chi connectivity index (χ1) is 11.9. The maximum atomic E-state index is 12.1. The van der Waals surface area contributed by atoms with Crippen molar-refractivity contribution in [2.75, 3.05) is 26.0 Å². The molecule has 0 aliphatic carbocycles. The number of hydrogen-bond donors (Lipinski definition) is 1. The monoisotopic (exact) mass is 379 g/mol. The Bertz CT molecular complexity index is 804. The molecule has 0 saturated heterocycles. The summed E-state index contributed by atoms with van der Waals surface area (Å²) in [7, 11) is 3.05. The second-order valence-corrected chi connectivity index (χ2v) is 6.71. The molecule has 0 bridgehead atoms. The SMILES string of the molecule is COc1ccc(Cl)cc1NC(=O)CN(C)C(=O)/C=C/c1csc(C)n1. The van der Waals surface area contributed by atoms with Gasteiger partial charge < -0.3 is 15.0 Å². The Morgan fingerprint density at radius 2 is 2.20 bits per heavy atom. The molecular formula is C17H18ClN3O3S. The lowest BCUT2D eigenvalue weighted by Gasteiger charge is -2.16. The zero-order valence-corrected chi connectivity index (χ0v) is 15.6. The van der Waals surface area contributed by atoms with E-state index in [9.17, 15) is 9.59 Å². The largest absolute Gasteiger partial charge is 0.495 e. The van der Waals surface area contributed by atoms with Gasteiger partial charge in [-0.3, -0.25) is 9.59 Å². The summed E-state index contributed by atoms with van der Waals surface area (Å²) in [4.78, 5) is 29.8. The quantitative estimate of drug-likeness (QED) is 0.782. The summed E-state index contributed by atoms with van der Waals surface area (Å²) in [5.74, 6) is -0.154. The molecule has 8 heteroatoms. The summed E-state index contributed by atoms with van der Waals surface area (Å²) >= 11 is 7.44. The number of carbonyl (C=O) groups excluding carboxylic acids is 2. The predicted octanol–water partition coefficient (Wildman–Crippen LogP) is 3.22. The van der Waals surface area contributed by atoms with Crippen molar-refractivity contribution in [3.05, 3.63) is 45.4 Å². The zero-order chi connectivity index (χ0) is 18.4. The van der Waals surface area contributed by atoms with Crippen LogP contribution in [-0.2, 0) is 9.59 Å². The number of benzene rings is 1. The molecule has 2 aromatic rings. The fourth-order valence-corrected chi connectivity index (χ4v) is 2.75. The van der Waals surface area contributed by atoms with Gasteiger partial charge in [0, 0.05) is 23.5 Å². The number of amides is 2. The van der Waals surface area contributed by atoms with E-state index in [0.717, 1.165) is 10.7 Å². The first kappa shape index (κ1) is 19.0. The van der Waals surface area contributed by atoms with Gasteiger partial charge in [-0.2, -0.15) is 0 Å². The molecule has 132 valence electrons. The smallest absolute Gasteiger partial charge is 0.246 e. The number of carbonyl (C=O) groups is 2. The molecule has 2 rings (SSSR count). The van der Waals surface area contributed by atoms with Crippen molar-refractivity contribution < 1.29 is 14.3 Å². The highest BCUT2D eigenvalue weighted by atomic mass is 35.5. The van der Waals surface area contributed by atoms with Crippen LogP contribution in [0.4, 0.5) is 5.69 Å². The molecule has 0 saturated carbocycles. The molecule has 0 fully saturated rings. The first-order valence-corrected chi connectivity index (χ1v) is 8.63. The maximum Gasteiger partial charge on any atom is 0.246 e. The van der Waals surface area contributed by atoms with Crippen molar-refractivity contribution in [3.63, 3.8) is 0 Å². The Morgan fingerprint density at radius 3 is 2.84 bits per heavy atom. The minimum absolute atomic E-state index is 0.102. The van der Waals surface area contributed by atoms with Gasteiger partial charge in [0.1, 0.15) is 5.75 Å². The van der Waals surface area contributed by atoms with Crippen LogP contribution >= 0.6 is 22.9 Å². The maximum absolute atomic E-state index is 12.1. The lowest BCUT2D eigenvalue weighted by atomic mass is 10.3. The molecule has 6 nitrogen and oxygen atoms in total. The van der Waals surface area contributed by atoms with Crippen LogP contribution in [0.15, 0.2) is 29.7 Å². The summed E-state index contributed by atoms with van der Waals surface area (Å²) < 4.78 is 5.17. The number of halogens is 1. The van der Waals surface area contributed by atoms with E-state index >= 15 is 0 Å². The van der Waals surface area contributed by atoms with Gasteiger partial charge in [-0.05, 0) is 31.2 Å². The third-order valence-corrected chi connectivity index (χ3v) is 4.25. The molecule has 0 radical (unpaired) electrons. The Hall–Kier alpha value is -2.38. The van der Waals surface area contributed by atoms with Crippen molar-refractivity contribution >= 4 is 46.5 Å². The van der Waals surface area contributed by atoms with Gasteiger partial charge in [0.15, 0.2) is 0 Å². The number of likely N-dealkylation sites (N-methyl/N-ethyl adjacent to an activating group) is 1. The van der Waals surface area contributed by atoms with E-state index in [1.807, 2.05) is 12.3 Å². The number of aryl methyl sites for hydroxylation is 1. The van der Waals surface area contributed by atoms with Gasteiger partial charge in [0.25, 0.3) is 0 Å². The first-order valence-electron chi connectivity index (χ1n) is 7.37. The molecule has 1 aromatic heterocycles. The molecule has 1 heterocycles. The number of nitrogens with zero attached hydrogens (tertiary/aromatic N) is 2. The number of nitrogens with one attached hydrogen (secondary N) is 1. The molecule has 1 aromatic carbocycles. The van der Waals surface area contributed by atoms with E-state index in [1.165, 1.54) is 29.4 Å². The molecule has 0 spiro atoms. The molecular weight excluding hydrogens is 362 g/mol. The van der Waals surface area contributed by atoms with Crippen molar-refractivity contribution in [3.8, 4) is 5.75 Å². The fourth-order valence-electron chi connectivity index (χ4n) is 2.00. The Labute approximate surface area is 155 Å². The highest BCUT2D eigenvalue weighted by Crippen LogP contribution is 2.27. The minimum Gasteiger partial charge on any atom is -0.495 e. The van der Waals surface area contributed by atoms with Crippen LogP contribution in [0.5, 0.6) is 5.75 Å². The van der Waals surface area contributed by atoms with Crippen molar-refractivity contribution in [2.45, 2.75) is 6.92 Å². The summed E-state index contributed by atoms with van der Waals surface area (Å²) in [6, 6.07) is 4.91. The van der Waals surface area contributed by atoms with Crippen LogP contribution in [0.3, 0.4) is 0 Å². The summed E-state index contributed by atoms with van der Waals surface area (Å²) in [6.07, 6.45) is 3.02. The highest BCUT2D eigenvalue weighted by molar-refractivity contribution is 7.09. The topological polar surface area (TPSA) is 71.5 Å². The van der Waals surface area contributed by atoms with Crippen LogP contribution in [0, 0.1) is 6.92 Å². The van der Waals surface area contributed by atoms with Crippen LogP contribution in [0.2, 0.25) is 5.02 Å². The lowest BCUT2D eigenvalue weighted by Crippen LogP contribution is -2.33. The van der Waals surface area contributed by atoms with E-state index < -0.39 is 0 Å². The van der Waals surface area contributed by atoms with E-state index in [2.05, 4.69) is 10.3 Å². The second kappa shape index (κ2) is 8.64. The Kier molecular flexibility index (Phi) is 6.55. The fraction of sp³-hybridized carbons (Fsp3) is 0.235. The number of hydrogen-bond acceptors (Lipinski definition) is 5. The minimum atomic E-state index is -0.352. The molecule has 2 amide bonds. The standard InChI is InChI=1S/C17H18ClN3O3S/c1-11-19-13(10-25-11)5-7-17(23)21(2)9-16(22)20-14-8-12(18)4-6-15(14)24-3/h4-8,10H,9H2,1-3H3,(H,20,22)/b7-5+. The van der Waals surface area contributed by atoms with Crippen molar-refractivity contribution in [1.82, 2.24) is 9.88 Å². The van der Waals surface area contributed by atoms with Gasteiger partial charge in [0.05, 0.1) is 30.0 Å². The number of ether oxygens (including phenoxy) is 1. The number of methoxy groups -OCH3 is 1. The highest BCUT2D eigenvalue weighted by Gasteiger charge is 2.13. The summed E-state index contributed by atoms with van der Waals surface area (Å²) in [5, 5.41) is 5.95. The number of aromatic nitrogens is 1. The molecule has 1 N–H and O–H groups in total. The van der Waals surface area contributed by atoms with Crippen LogP contribution in [0.25, 0.3) is 6.08 Å². The van der Waals surface area contributed by atoms with Crippen molar-refractivity contribution in [2.24, 2.45) is 0 Å². The van der Waals surface area contributed by atoms with Gasteiger partial charge >= 0.3 is 0 Å². The van der Waals surface area contributed by atoms with E-state index in [0.29, 0.717) is 16.5 Å². The lowest BCUT2D eigenvalue weighted by molar-refractivity contribution is -0.129. The number of anilines is 1. The number of thiazole rings is 1. The van der Waals surface area contributed by atoms with E-state index in [1.54, 1.807) is 31.3 Å². The zero-order valence-electron chi connectivity index (χ0n) is 14.1. The third kappa shape index (κ3) is 5.58. The third-order valence-electron chi connectivity index (χ3n) is 3.23. The predicted molar refractivity (Wildman–Crippen MR) is 100 cm³/mol.